The molecule has 1 unspecified atom stereocenters. The van der Waals surface area contributed by atoms with E-state index >= 15 is 0 Å². The SMILES string of the molecule is O=S(=O)([O-])CCCCN1CCCC2CC=CC=C21.[K+]. The maximum absolute atomic E-state index is 10.5. The van der Waals surface area contributed by atoms with Gasteiger partial charge in [0.05, 0.1) is 10.1 Å². The van der Waals surface area contributed by atoms with E-state index in [4.69, 9.17) is 0 Å². The molecule has 0 aromatic carbocycles. The van der Waals surface area contributed by atoms with Crippen molar-refractivity contribution < 1.29 is 64.4 Å². The van der Waals surface area contributed by atoms with Crippen molar-refractivity contribution in [3.8, 4) is 0 Å². The van der Waals surface area contributed by atoms with Crippen LogP contribution in [-0.4, -0.2) is 36.7 Å². The number of allylic oxidation sites excluding steroid dienone is 4. The van der Waals surface area contributed by atoms with E-state index in [0.717, 1.165) is 25.9 Å². The van der Waals surface area contributed by atoms with Crippen LogP contribution in [0.25, 0.3) is 0 Å². The van der Waals surface area contributed by atoms with Crippen LogP contribution in [0.4, 0.5) is 0 Å². The van der Waals surface area contributed by atoms with Crippen molar-refractivity contribution in [1.29, 1.82) is 0 Å². The second-order valence-electron chi connectivity index (χ2n) is 5.05. The second kappa shape index (κ2) is 8.31. The first-order chi connectivity index (χ1) is 8.56. The molecule has 1 aliphatic heterocycles. The van der Waals surface area contributed by atoms with Crippen molar-refractivity contribution in [2.75, 3.05) is 18.8 Å². The molecular formula is C13H20KNO3S. The Morgan fingerprint density at radius 1 is 1.37 bits per heavy atom. The average molecular weight is 309 g/mol. The minimum absolute atomic E-state index is 0. The molecule has 19 heavy (non-hydrogen) atoms. The third-order valence-corrected chi connectivity index (χ3v) is 4.45. The van der Waals surface area contributed by atoms with Crippen molar-refractivity contribution in [2.45, 2.75) is 32.1 Å². The summed E-state index contributed by atoms with van der Waals surface area (Å²) >= 11 is 0. The maximum atomic E-state index is 10.5. The van der Waals surface area contributed by atoms with Crippen molar-refractivity contribution in [3.05, 3.63) is 23.9 Å². The summed E-state index contributed by atoms with van der Waals surface area (Å²) in [5.74, 6) is 0.412. The normalized spacial score (nSPS) is 22.5. The minimum atomic E-state index is -4.04. The van der Waals surface area contributed by atoms with Crippen LogP contribution in [-0.2, 0) is 10.1 Å². The van der Waals surface area contributed by atoms with E-state index in [9.17, 15) is 13.0 Å². The standard InChI is InChI=1S/C13H21NO3S.K/c15-18(16,17)11-4-3-9-14-10-5-7-12-6-1-2-8-13(12)14;/h1-2,8,12H,3-7,9-11H2,(H,15,16,17);/q;+1/p-1. The molecule has 1 aliphatic carbocycles. The molecule has 0 amide bonds. The summed E-state index contributed by atoms with van der Waals surface area (Å²) in [6.45, 7) is 1.92. The molecule has 1 saturated heterocycles. The molecule has 102 valence electrons. The first-order valence-electron chi connectivity index (χ1n) is 6.61. The van der Waals surface area contributed by atoms with Gasteiger partial charge >= 0.3 is 51.4 Å². The van der Waals surface area contributed by atoms with E-state index in [1.807, 2.05) is 0 Å². The van der Waals surface area contributed by atoms with Gasteiger partial charge < -0.3 is 9.45 Å². The van der Waals surface area contributed by atoms with E-state index in [1.54, 1.807) is 0 Å². The first kappa shape index (κ1) is 17.9. The Morgan fingerprint density at radius 3 is 2.89 bits per heavy atom. The Balaban J connectivity index is 0.00000180. The van der Waals surface area contributed by atoms with Crippen LogP contribution in [0.2, 0.25) is 0 Å². The van der Waals surface area contributed by atoms with Gasteiger partial charge in [-0.3, -0.25) is 0 Å². The van der Waals surface area contributed by atoms with Gasteiger partial charge in [0, 0.05) is 30.5 Å². The van der Waals surface area contributed by atoms with Crippen molar-refractivity contribution in [1.82, 2.24) is 4.90 Å². The van der Waals surface area contributed by atoms with Crippen LogP contribution in [0, 0.1) is 5.92 Å². The molecule has 0 spiro atoms. The van der Waals surface area contributed by atoms with E-state index < -0.39 is 10.1 Å². The molecule has 0 aromatic rings. The molecular weight excluding hydrogens is 289 g/mol. The van der Waals surface area contributed by atoms with Crippen molar-refractivity contribution in [2.24, 2.45) is 5.92 Å². The monoisotopic (exact) mass is 309 g/mol. The molecule has 2 aliphatic rings. The third kappa shape index (κ3) is 5.99. The van der Waals surface area contributed by atoms with Gasteiger partial charge in [-0.25, -0.2) is 8.42 Å². The number of nitrogens with zero attached hydrogens (tertiary/aromatic N) is 1. The fourth-order valence-corrected chi connectivity index (χ4v) is 3.33. The Labute approximate surface area is 158 Å². The van der Waals surface area contributed by atoms with Crippen LogP contribution in [0.15, 0.2) is 23.9 Å². The van der Waals surface area contributed by atoms with Gasteiger partial charge in [-0.05, 0) is 38.2 Å². The van der Waals surface area contributed by atoms with Crippen LogP contribution in [0.5, 0.6) is 0 Å². The number of likely N-dealkylation sites (tertiary alicyclic amines) is 1. The summed E-state index contributed by atoms with van der Waals surface area (Å²) in [6.07, 6.45) is 11.3. The topological polar surface area (TPSA) is 60.4 Å². The summed E-state index contributed by atoms with van der Waals surface area (Å²) in [4.78, 5) is 2.36. The molecule has 0 aromatic heterocycles. The van der Waals surface area contributed by atoms with Gasteiger partial charge in [0.2, 0.25) is 0 Å². The van der Waals surface area contributed by atoms with E-state index in [-0.39, 0.29) is 57.1 Å². The number of piperidine rings is 1. The summed E-state index contributed by atoms with van der Waals surface area (Å²) in [7, 11) is -4.04. The maximum Gasteiger partial charge on any atom is 1.00 e. The zero-order valence-electron chi connectivity index (χ0n) is 11.5. The number of unbranched alkanes of at least 4 members (excludes halogenated alkanes) is 1. The Hall–Kier alpha value is 0.826. The van der Waals surface area contributed by atoms with E-state index in [0.29, 0.717) is 12.3 Å². The smallest absolute Gasteiger partial charge is 0.748 e. The molecule has 2 rings (SSSR count). The van der Waals surface area contributed by atoms with Crippen LogP contribution in [0.3, 0.4) is 0 Å². The van der Waals surface area contributed by atoms with Gasteiger partial charge in [0.15, 0.2) is 0 Å². The first-order valence-corrected chi connectivity index (χ1v) is 8.19. The zero-order chi connectivity index (χ0) is 13.0. The molecule has 0 bridgehead atoms. The van der Waals surface area contributed by atoms with Gasteiger partial charge in [0.25, 0.3) is 0 Å². The van der Waals surface area contributed by atoms with E-state index in [2.05, 4.69) is 23.1 Å². The van der Waals surface area contributed by atoms with Gasteiger partial charge in [-0.15, -0.1) is 0 Å². The molecule has 0 N–H and O–H groups in total. The van der Waals surface area contributed by atoms with Crippen LogP contribution < -0.4 is 51.4 Å². The van der Waals surface area contributed by atoms with Crippen LogP contribution >= 0.6 is 0 Å². The number of fused-ring (bicyclic) bond motifs is 1. The fraction of sp³-hybridized carbons (Fsp3) is 0.692. The van der Waals surface area contributed by atoms with Gasteiger partial charge in [0.1, 0.15) is 0 Å². The largest absolute Gasteiger partial charge is 1.00 e. The van der Waals surface area contributed by atoms with E-state index in [1.165, 1.54) is 18.5 Å². The van der Waals surface area contributed by atoms with Crippen LogP contribution in [0.1, 0.15) is 32.1 Å². The van der Waals surface area contributed by atoms with Gasteiger partial charge in [-0.2, -0.15) is 0 Å². The average Bonchev–Trinajstić information content (AvgIpc) is 2.33. The number of hydrogen-bond donors (Lipinski definition) is 0. The second-order valence-corrected chi connectivity index (χ2v) is 6.57. The molecule has 1 fully saturated rings. The predicted octanol–water partition coefficient (Wildman–Crippen LogP) is -1.13. The minimum Gasteiger partial charge on any atom is -0.748 e. The summed E-state index contributed by atoms with van der Waals surface area (Å²) in [6, 6.07) is 0. The molecule has 0 radical (unpaired) electrons. The molecule has 1 atom stereocenters. The number of hydrogen-bond acceptors (Lipinski definition) is 4. The van der Waals surface area contributed by atoms with Crippen molar-refractivity contribution >= 4 is 10.1 Å². The third-order valence-electron chi connectivity index (χ3n) is 3.66. The summed E-state index contributed by atoms with van der Waals surface area (Å²) in [5, 5.41) is 0. The van der Waals surface area contributed by atoms with Gasteiger partial charge in [-0.1, -0.05) is 12.2 Å². The summed E-state index contributed by atoms with van der Waals surface area (Å²) < 4.78 is 31.6. The Kier molecular flexibility index (Phi) is 7.82. The van der Waals surface area contributed by atoms with Crippen molar-refractivity contribution in [3.63, 3.8) is 0 Å². The Bertz CT molecular complexity index is 445. The molecule has 1 heterocycles. The molecule has 0 saturated carbocycles. The number of rotatable bonds is 5. The molecule has 6 heteroatoms. The fourth-order valence-electron chi connectivity index (χ4n) is 2.78. The molecule has 4 nitrogen and oxygen atoms in total. The quantitative estimate of drug-likeness (QED) is 0.366. The zero-order valence-corrected chi connectivity index (χ0v) is 15.5. The Morgan fingerprint density at radius 2 is 2.16 bits per heavy atom. The summed E-state index contributed by atoms with van der Waals surface area (Å²) in [5.41, 5.74) is 1.40. The predicted molar refractivity (Wildman–Crippen MR) is 69.9 cm³/mol.